The van der Waals surface area contributed by atoms with Crippen LogP contribution in [0.1, 0.15) is 33.1 Å². The lowest BCUT2D eigenvalue weighted by molar-refractivity contribution is 0.0793. The van der Waals surface area contributed by atoms with Crippen molar-refractivity contribution in [3.05, 3.63) is 0 Å². The molecule has 2 fully saturated rings. The van der Waals surface area contributed by atoms with Crippen LogP contribution in [0.2, 0.25) is 0 Å². The highest BCUT2D eigenvalue weighted by molar-refractivity contribution is 4.83. The van der Waals surface area contributed by atoms with E-state index in [1.165, 1.54) is 45.4 Å². The minimum atomic E-state index is 0.876. The normalized spacial score (nSPS) is 37.3. The molecule has 2 aliphatic rings. The van der Waals surface area contributed by atoms with Gasteiger partial charge >= 0.3 is 0 Å². The van der Waals surface area contributed by atoms with Crippen molar-refractivity contribution >= 4 is 0 Å². The molecule has 0 radical (unpaired) electrons. The average Bonchev–Trinajstić information content (AvgIpc) is 2.18. The van der Waals surface area contributed by atoms with Gasteiger partial charge in [0.1, 0.15) is 0 Å². The Morgan fingerprint density at radius 3 is 2.14 bits per heavy atom. The van der Waals surface area contributed by atoms with Crippen LogP contribution in [-0.4, -0.2) is 37.1 Å². The van der Waals surface area contributed by atoms with Gasteiger partial charge in [-0.25, -0.2) is 0 Å². The minimum absolute atomic E-state index is 0.876. The first-order chi connectivity index (χ1) is 6.75. The van der Waals surface area contributed by atoms with Crippen molar-refractivity contribution in [1.29, 1.82) is 0 Å². The Morgan fingerprint density at radius 1 is 1.00 bits per heavy atom. The molecule has 0 saturated carbocycles. The topological polar surface area (TPSA) is 15.3 Å². The van der Waals surface area contributed by atoms with Crippen molar-refractivity contribution in [2.75, 3.05) is 26.2 Å². The van der Waals surface area contributed by atoms with Gasteiger partial charge in [0, 0.05) is 19.1 Å². The van der Waals surface area contributed by atoms with E-state index in [0.717, 1.165) is 17.9 Å². The van der Waals surface area contributed by atoms with Crippen LogP contribution in [0.15, 0.2) is 0 Å². The van der Waals surface area contributed by atoms with E-state index in [0.29, 0.717) is 0 Å². The highest BCUT2D eigenvalue weighted by Crippen LogP contribution is 2.25. The lowest BCUT2D eigenvalue weighted by Crippen LogP contribution is -2.49. The van der Waals surface area contributed by atoms with Crippen LogP contribution in [0.4, 0.5) is 0 Å². The molecular weight excluding hydrogens is 172 g/mol. The molecule has 0 amide bonds. The summed E-state index contributed by atoms with van der Waals surface area (Å²) in [6, 6.07) is 0.876. The third-order valence-electron chi connectivity index (χ3n) is 3.72. The summed E-state index contributed by atoms with van der Waals surface area (Å²) < 4.78 is 0. The van der Waals surface area contributed by atoms with Crippen molar-refractivity contribution in [2.45, 2.75) is 39.2 Å². The first-order valence-corrected chi connectivity index (χ1v) is 6.20. The van der Waals surface area contributed by atoms with Crippen molar-refractivity contribution in [1.82, 2.24) is 10.2 Å². The molecular formula is C12H24N2. The van der Waals surface area contributed by atoms with Gasteiger partial charge in [0.25, 0.3) is 0 Å². The van der Waals surface area contributed by atoms with Crippen LogP contribution in [0.5, 0.6) is 0 Å². The number of likely N-dealkylation sites (tertiary alicyclic amines) is 1. The Morgan fingerprint density at radius 2 is 1.57 bits per heavy atom. The van der Waals surface area contributed by atoms with Crippen molar-refractivity contribution in [2.24, 2.45) is 11.8 Å². The van der Waals surface area contributed by atoms with Gasteiger partial charge in [0.2, 0.25) is 0 Å². The van der Waals surface area contributed by atoms with E-state index in [2.05, 4.69) is 24.1 Å². The molecule has 0 aliphatic carbocycles. The number of nitrogens with one attached hydrogen (secondary N) is 1. The smallest absolute Gasteiger partial charge is 0.0120 e. The summed E-state index contributed by atoms with van der Waals surface area (Å²) in [5, 5.41) is 3.45. The maximum absolute atomic E-state index is 3.45. The zero-order valence-electron chi connectivity index (χ0n) is 9.63. The van der Waals surface area contributed by atoms with E-state index in [1.807, 2.05) is 0 Å². The molecule has 2 rings (SSSR count). The molecule has 0 aromatic heterocycles. The van der Waals surface area contributed by atoms with Crippen molar-refractivity contribution < 1.29 is 0 Å². The number of piperidine rings is 2. The maximum Gasteiger partial charge on any atom is 0.0120 e. The second-order valence-corrected chi connectivity index (χ2v) is 5.38. The lowest BCUT2D eigenvalue weighted by Gasteiger charge is -2.41. The summed E-state index contributed by atoms with van der Waals surface area (Å²) >= 11 is 0. The number of rotatable bonds is 1. The largest absolute Gasteiger partial charge is 0.317 e. The summed E-state index contributed by atoms with van der Waals surface area (Å²) in [5.41, 5.74) is 0. The zero-order valence-corrected chi connectivity index (χ0v) is 9.63. The second-order valence-electron chi connectivity index (χ2n) is 5.38. The molecule has 2 atom stereocenters. The van der Waals surface area contributed by atoms with Crippen LogP contribution >= 0.6 is 0 Å². The van der Waals surface area contributed by atoms with Crippen molar-refractivity contribution in [3.8, 4) is 0 Å². The van der Waals surface area contributed by atoms with Gasteiger partial charge in [-0.05, 0) is 44.2 Å². The van der Waals surface area contributed by atoms with Crippen LogP contribution in [-0.2, 0) is 0 Å². The molecule has 82 valence electrons. The highest BCUT2D eigenvalue weighted by Gasteiger charge is 2.27. The molecule has 2 nitrogen and oxygen atoms in total. The Labute approximate surface area is 88.1 Å². The van der Waals surface area contributed by atoms with Gasteiger partial charge < -0.3 is 5.32 Å². The Bertz CT molecular complexity index is 165. The molecule has 2 heteroatoms. The summed E-state index contributed by atoms with van der Waals surface area (Å²) in [5.74, 6) is 1.82. The third kappa shape index (κ3) is 2.48. The fourth-order valence-electron chi connectivity index (χ4n) is 3.18. The van der Waals surface area contributed by atoms with Gasteiger partial charge in [-0.2, -0.15) is 0 Å². The fraction of sp³-hybridized carbons (Fsp3) is 1.00. The zero-order chi connectivity index (χ0) is 9.97. The summed E-state index contributed by atoms with van der Waals surface area (Å²) in [6.45, 7) is 9.95. The third-order valence-corrected chi connectivity index (χ3v) is 3.72. The molecule has 2 saturated heterocycles. The number of nitrogens with zero attached hydrogens (tertiary/aromatic N) is 1. The fourth-order valence-corrected chi connectivity index (χ4v) is 3.18. The van der Waals surface area contributed by atoms with E-state index in [4.69, 9.17) is 0 Å². The molecule has 0 unspecified atom stereocenters. The molecule has 0 bridgehead atoms. The van der Waals surface area contributed by atoms with Crippen LogP contribution < -0.4 is 5.32 Å². The molecule has 2 aliphatic heterocycles. The molecule has 14 heavy (non-hydrogen) atoms. The molecule has 0 aromatic rings. The van der Waals surface area contributed by atoms with Gasteiger partial charge in [0.05, 0.1) is 0 Å². The van der Waals surface area contributed by atoms with E-state index in [1.54, 1.807) is 0 Å². The Kier molecular flexibility index (Phi) is 3.45. The monoisotopic (exact) mass is 196 g/mol. The number of hydrogen-bond donors (Lipinski definition) is 1. The Balaban J connectivity index is 1.88. The van der Waals surface area contributed by atoms with Gasteiger partial charge in [-0.15, -0.1) is 0 Å². The van der Waals surface area contributed by atoms with E-state index >= 15 is 0 Å². The average molecular weight is 196 g/mol. The van der Waals surface area contributed by atoms with Crippen molar-refractivity contribution in [3.63, 3.8) is 0 Å². The van der Waals surface area contributed by atoms with Crippen LogP contribution in [0, 0.1) is 11.8 Å². The maximum atomic E-state index is 3.45. The highest BCUT2D eigenvalue weighted by atomic mass is 15.2. The van der Waals surface area contributed by atoms with Gasteiger partial charge in [0.15, 0.2) is 0 Å². The predicted molar refractivity (Wildman–Crippen MR) is 60.4 cm³/mol. The minimum Gasteiger partial charge on any atom is -0.317 e. The van der Waals surface area contributed by atoms with E-state index < -0.39 is 0 Å². The summed E-state index contributed by atoms with van der Waals surface area (Å²) in [7, 11) is 0. The first-order valence-electron chi connectivity index (χ1n) is 6.20. The van der Waals surface area contributed by atoms with Gasteiger partial charge in [-0.1, -0.05) is 13.8 Å². The van der Waals surface area contributed by atoms with Crippen LogP contribution in [0.3, 0.4) is 0 Å². The van der Waals surface area contributed by atoms with Gasteiger partial charge in [-0.3, -0.25) is 4.90 Å². The predicted octanol–water partition coefficient (Wildman–Crippen LogP) is 1.72. The molecule has 2 heterocycles. The quantitative estimate of drug-likeness (QED) is 0.687. The number of hydrogen-bond acceptors (Lipinski definition) is 2. The lowest BCUT2D eigenvalue weighted by atomic mass is 9.89. The van der Waals surface area contributed by atoms with Crippen LogP contribution in [0.25, 0.3) is 0 Å². The second kappa shape index (κ2) is 4.63. The van der Waals surface area contributed by atoms with E-state index in [9.17, 15) is 0 Å². The molecule has 1 N–H and O–H groups in total. The summed E-state index contributed by atoms with van der Waals surface area (Å²) in [6.07, 6.45) is 4.15. The SMILES string of the molecule is C[C@@H]1C[C@H](C)CN(C2CCNCC2)C1. The molecule has 0 spiro atoms. The molecule has 0 aromatic carbocycles. The standard InChI is InChI=1S/C12H24N2/c1-10-7-11(2)9-14(8-10)12-3-5-13-6-4-12/h10-13H,3-9H2,1-2H3/t10-,11+. The summed E-state index contributed by atoms with van der Waals surface area (Å²) in [4.78, 5) is 2.75. The van der Waals surface area contributed by atoms with E-state index in [-0.39, 0.29) is 0 Å². The first kappa shape index (κ1) is 10.4. The Hall–Kier alpha value is -0.0800.